The van der Waals surface area contributed by atoms with Gasteiger partial charge in [0.05, 0.1) is 0 Å². The number of nitrogens with zero attached hydrogens (tertiary/aromatic N) is 1. The summed E-state index contributed by atoms with van der Waals surface area (Å²) >= 11 is 0. The van der Waals surface area contributed by atoms with E-state index in [-0.39, 0.29) is 0 Å². The maximum absolute atomic E-state index is 10.8. The van der Waals surface area contributed by atoms with Gasteiger partial charge in [-0.25, -0.2) is 4.74 Å². The van der Waals surface area contributed by atoms with Gasteiger partial charge < -0.3 is 5.21 Å². The van der Waals surface area contributed by atoms with Crippen LogP contribution in [0.3, 0.4) is 0 Å². The van der Waals surface area contributed by atoms with Crippen LogP contribution >= 0.6 is 0 Å². The van der Waals surface area contributed by atoms with E-state index in [4.69, 9.17) is 0 Å². The molecule has 2 rings (SSSR count). The number of rotatable bonds is 1. The summed E-state index contributed by atoms with van der Waals surface area (Å²) in [6.07, 6.45) is 1.56. The maximum atomic E-state index is 10.8. The molecule has 2 nitrogen and oxygen atoms in total. The molecule has 14 heavy (non-hydrogen) atoms. The van der Waals surface area contributed by atoms with Crippen LogP contribution in [-0.4, -0.2) is 18.0 Å². The molecule has 0 unspecified atom stereocenters. The zero-order valence-electron chi connectivity index (χ0n) is 7.97. The molecule has 0 aliphatic carbocycles. The summed E-state index contributed by atoms with van der Waals surface area (Å²) in [7, 11) is 1.48. The molecular formula is C12H11NO. The summed E-state index contributed by atoms with van der Waals surface area (Å²) in [6, 6.07) is 14.1. The monoisotopic (exact) mass is 185 g/mol. The fourth-order valence-corrected chi connectivity index (χ4v) is 1.50. The SMILES string of the molecule is C[N+]([O-])=Cc1ccc2ccccc2c1. The van der Waals surface area contributed by atoms with Gasteiger partial charge in [0.25, 0.3) is 0 Å². The molecule has 2 heteroatoms. The Morgan fingerprint density at radius 3 is 2.50 bits per heavy atom. The van der Waals surface area contributed by atoms with Gasteiger partial charge in [-0.2, -0.15) is 0 Å². The highest BCUT2D eigenvalue weighted by Gasteiger charge is 1.95. The lowest BCUT2D eigenvalue weighted by molar-refractivity contribution is -0.416. The summed E-state index contributed by atoms with van der Waals surface area (Å²) in [5, 5.41) is 13.2. The Morgan fingerprint density at radius 2 is 1.79 bits per heavy atom. The van der Waals surface area contributed by atoms with Crippen molar-refractivity contribution in [2.75, 3.05) is 7.05 Å². The average Bonchev–Trinajstić information content (AvgIpc) is 2.17. The second-order valence-corrected chi connectivity index (χ2v) is 3.28. The van der Waals surface area contributed by atoms with Crippen molar-refractivity contribution in [1.82, 2.24) is 0 Å². The Balaban J connectivity index is 2.57. The quantitative estimate of drug-likeness (QED) is 0.290. The van der Waals surface area contributed by atoms with Gasteiger partial charge in [-0.1, -0.05) is 30.3 Å². The second kappa shape index (κ2) is 3.50. The Morgan fingerprint density at radius 1 is 1.07 bits per heavy atom. The number of fused-ring (bicyclic) bond motifs is 1. The van der Waals surface area contributed by atoms with Gasteiger partial charge in [0, 0.05) is 5.56 Å². The van der Waals surface area contributed by atoms with Crippen LogP contribution in [0.4, 0.5) is 0 Å². The van der Waals surface area contributed by atoms with Crippen molar-refractivity contribution >= 4 is 17.0 Å². The largest absolute Gasteiger partial charge is 0.624 e. The van der Waals surface area contributed by atoms with Crippen LogP contribution in [0.2, 0.25) is 0 Å². The average molecular weight is 185 g/mol. The number of benzene rings is 2. The van der Waals surface area contributed by atoms with Crippen molar-refractivity contribution in [2.45, 2.75) is 0 Å². The molecule has 0 fully saturated rings. The van der Waals surface area contributed by atoms with Crippen molar-refractivity contribution in [3.05, 3.63) is 53.2 Å². The van der Waals surface area contributed by atoms with Crippen LogP contribution in [0.5, 0.6) is 0 Å². The van der Waals surface area contributed by atoms with Crippen molar-refractivity contribution < 1.29 is 4.74 Å². The Bertz CT molecular complexity index is 484. The van der Waals surface area contributed by atoms with Gasteiger partial charge in [-0.05, 0) is 22.9 Å². The summed E-state index contributed by atoms with van der Waals surface area (Å²) in [5.41, 5.74) is 0.932. The molecule has 0 aliphatic rings. The summed E-state index contributed by atoms with van der Waals surface area (Å²) in [5.74, 6) is 0. The fraction of sp³-hybridized carbons (Fsp3) is 0.0833. The van der Waals surface area contributed by atoms with E-state index in [0.717, 1.165) is 15.7 Å². The first kappa shape index (κ1) is 8.75. The summed E-state index contributed by atoms with van der Waals surface area (Å²) < 4.78 is 0.810. The number of hydroxylamine groups is 1. The van der Waals surface area contributed by atoms with Crippen LogP contribution in [0.1, 0.15) is 5.56 Å². The smallest absolute Gasteiger partial charge is 0.181 e. The van der Waals surface area contributed by atoms with Gasteiger partial charge in [0.15, 0.2) is 6.21 Å². The minimum absolute atomic E-state index is 0.810. The van der Waals surface area contributed by atoms with Crippen molar-refractivity contribution in [1.29, 1.82) is 0 Å². The lowest BCUT2D eigenvalue weighted by Gasteiger charge is -1.99. The molecule has 0 heterocycles. The molecule has 2 aromatic rings. The molecule has 0 atom stereocenters. The van der Waals surface area contributed by atoms with Gasteiger partial charge in [-0.15, -0.1) is 0 Å². The maximum Gasteiger partial charge on any atom is 0.181 e. The predicted octanol–water partition coefficient (Wildman–Crippen LogP) is 2.40. The molecule has 70 valence electrons. The van der Waals surface area contributed by atoms with Crippen LogP contribution in [0.15, 0.2) is 42.5 Å². The molecule has 0 N–H and O–H groups in total. The molecule has 0 spiro atoms. The molecule has 0 aromatic heterocycles. The highest BCUT2D eigenvalue weighted by Crippen LogP contribution is 2.14. The van der Waals surface area contributed by atoms with Crippen molar-refractivity contribution in [3.63, 3.8) is 0 Å². The second-order valence-electron chi connectivity index (χ2n) is 3.28. The Kier molecular flexibility index (Phi) is 2.19. The van der Waals surface area contributed by atoms with Gasteiger partial charge in [0.1, 0.15) is 7.05 Å². The van der Waals surface area contributed by atoms with Gasteiger partial charge >= 0.3 is 0 Å². The minimum Gasteiger partial charge on any atom is -0.624 e. The lowest BCUT2D eigenvalue weighted by atomic mass is 10.1. The van der Waals surface area contributed by atoms with E-state index < -0.39 is 0 Å². The zero-order valence-corrected chi connectivity index (χ0v) is 7.97. The topological polar surface area (TPSA) is 26.1 Å². The first-order valence-electron chi connectivity index (χ1n) is 4.49. The van der Waals surface area contributed by atoms with Crippen molar-refractivity contribution in [3.8, 4) is 0 Å². The first-order chi connectivity index (χ1) is 6.75. The van der Waals surface area contributed by atoms with E-state index in [2.05, 4.69) is 6.07 Å². The van der Waals surface area contributed by atoms with E-state index in [1.165, 1.54) is 12.4 Å². The normalized spacial score (nSPS) is 11.9. The third-order valence-corrected chi connectivity index (χ3v) is 2.10. The lowest BCUT2D eigenvalue weighted by Crippen LogP contribution is -1.96. The van der Waals surface area contributed by atoms with Crippen LogP contribution in [-0.2, 0) is 0 Å². The predicted molar refractivity (Wildman–Crippen MR) is 58.7 cm³/mol. The molecule has 0 radical (unpaired) electrons. The standard InChI is InChI=1S/C12H11NO/c1-13(14)9-10-6-7-11-4-2-3-5-12(11)8-10/h2-9H,1H3. The zero-order chi connectivity index (χ0) is 9.97. The number of hydrogen-bond acceptors (Lipinski definition) is 1. The molecule has 0 saturated heterocycles. The first-order valence-corrected chi connectivity index (χ1v) is 4.49. The Hall–Kier alpha value is -1.83. The molecular weight excluding hydrogens is 174 g/mol. The summed E-state index contributed by atoms with van der Waals surface area (Å²) in [4.78, 5) is 0. The van der Waals surface area contributed by atoms with E-state index >= 15 is 0 Å². The molecule has 0 bridgehead atoms. The van der Waals surface area contributed by atoms with E-state index in [1.54, 1.807) is 6.21 Å². The van der Waals surface area contributed by atoms with Crippen LogP contribution in [0, 0.1) is 5.21 Å². The molecule has 0 aliphatic heterocycles. The third kappa shape index (κ3) is 1.74. The van der Waals surface area contributed by atoms with Crippen LogP contribution < -0.4 is 0 Å². The minimum atomic E-state index is 0.810. The molecule has 2 aromatic carbocycles. The van der Waals surface area contributed by atoms with Crippen LogP contribution in [0.25, 0.3) is 10.8 Å². The highest BCUT2D eigenvalue weighted by molar-refractivity contribution is 5.89. The van der Waals surface area contributed by atoms with E-state index in [0.29, 0.717) is 0 Å². The highest BCUT2D eigenvalue weighted by atomic mass is 16.5. The van der Waals surface area contributed by atoms with E-state index in [1.807, 2.05) is 36.4 Å². The third-order valence-electron chi connectivity index (χ3n) is 2.10. The Labute approximate surface area is 82.7 Å². The number of hydrogen-bond donors (Lipinski definition) is 0. The van der Waals surface area contributed by atoms with Gasteiger partial charge in [-0.3, -0.25) is 0 Å². The molecule has 0 amide bonds. The summed E-state index contributed by atoms with van der Waals surface area (Å²) in [6.45, 7) is 0. The van der Waals surface area contributed by atoms with E-state index in [9.17, 15) is 5.21 Å². The molecule has 0 saturated carbocycles. The van der Waals surface area contributed by atoms with Crippen molar-refractivity contribution in [2.24, 2.45) is 0 Å². The van der Waals surface area contributed by atoms with Gasteiger partial charge in [0.2, 0.25) is 0 Å². The fourth-order valence-electron chi connectivity index (χ4n) is 1.50.